The molecule has 3 nitrogen and oxygen atoms in total. The smallest absolute Gasteiger partial charge is 0.0949 e. The molecule has 1 unspecified atom stereocenters. The minimum atomic E-state index is 0.322. The fourth-order valence-corrected chi connectivity index (χ4v) is 3.39. The molecule has 0 saturated carbocycles. The van der Waals surface area contributed by atoms with E-state index in [-0.39, 0.29) is 0 Å². The molecule has 2 aromatic heterocycles. The van der Waals surface area contributed by atoms with Crippen molar-refractivity contribution in [2.45, 2.75) is 46.6 Å². The molecule has 0 aliphatic heterocycles. The molecular weight excluding hydrogens is 266 g/mol. The Morgan fingerprint density at radius 2 is 2.10 bits per heavy atom. The van der Waals surface area contributed by atoms with Gasteiger partial charge >= 0.3 is 0 Å². The summed E-state index contributed by atoms with van der Waals surface area (Å²) in [6.45, 7) is 9.52. The number of rotatable bonds is 6. The Morgan fingerprint density at radius 1 is 1.30 bits per heavy atom. The van der Waals surface area contributed by atoms with Gasteiger partial charge in [0.25, 0.3) is 0 Å². The van der Waals surface area contributed by atoms with E-state index in [1.54, 1.807) is 0 Å². The van der Waals surface area contributed by atoms with Gasteiger partial charge in [-0.25, -0.2) is 4.98 Å². The molecule has 0 spiro atoms. The first-order valence-corrected chi connectivity index (χ1v) is 8.06. The molecule has 2 heterocycles. The first kappa shape index (κ1) is 15.1. The van der Waals surface area contributed by atoms with Crippen molar-refractivity contribution in [1.29, 1.82) is 0 Å². The van der Waals surface area contributed by atoms with Crippen LogP contribution in [0.4, 0.5) is 0 Å². The summed E-state index contributed by atoms with van der Waals surface area (Å²) in [4.78, 5) is 10.2. The van der Waals surface area contributed by atoms with Crippen molar-refractivity contribution in [2.75, 3.05) is 6.54 Å². The molecule has 0 aromatic carbocycles. The summed E-state index contributed by atoms with van der Waals surface area (Å²) in [5, 5.41) is 4.80. The van der Waals surface area contributed by atoms with Gasteiger partial charge in [-0.3, -0.25) is 4.98 Å². The van der Waals surface area contributed by atoms with Crippen LogP contribution in [0.2, 0.25) is 0 Å². The predicted octanol–water partition coefficient (Wildman–Crippen LogP) is 3.61. The Balaban J connectivity index is 2.26. The van der Waals surface area contributed by atoms with Gasteiger partial charge in [-0.1, -0.05) is 13.8 Å². The standard InChI is InChI=1S/C16H23N3S/c1-5-13-10-17-8-7-14(13)15(18-6-2)9-16-19-11(3)12(4)20-16/h7-8,10,15,18H,5-6,9H2,1-4H3. The van der Waals surface area contributed by atoms with E-state index in [0.717, 1.165) is 25.1 Å². The normalized spacial score (nSPS) is 12.6. The first-order valence-electron chi connectivity index (χ1n) is 7.24. The van der Waals surface area contributed by atoms with E-state index in [1.807, 2.05) is 23.7 Å². The number of thiazole rings is 1. The van der Waals surface area contributed by atoms with Crippen LogP contribution in [0.3, 0.4) is 0 Å². The molecule has 0 aliphatic rings. The molecule has 108 valence electrons. The van der Waals surface area contributed by atoms with Crippen LogP contribution in [0.25, 0.3) is 0 Å². The maximum Gasteiger partial charge on any atom is 0.0949 e. The number of hydrogen-bond acceptors (Lipinski definition) is 4. The van der Waals surface area contributed by atoms with E-state index < -0.39 is 0 Å². The number of nitrogens with one attached hydrogen (secondary N) is 1. The van der Waals surface area contributed by atoms with E-state index in [1.165, 1.54) is 21.0 Å². The average molecular weight is 289 g/mol. The number of aromatic nitrogens is 2. The molecule has 0 fully saturated rings. The van der Waals surface area contributed by atoms with Crippen molar-refractivity contribution in [3.05, 3.63) is 45.2 Å². The zero-order valence-corrected chi connectivity index (χ0v) is 13.5. The van der Waals surface area contributed by atoms with Gasteiger partial charge in [-0.05, 0) is 44.0 Å². The number of aryl methyl sites for hydroxylation is 3. The Bertz CT molecular complexity index is 543. The maximum atomic E-state index is 4.68. The highest BCUT2D eigenvalue weighted by Gasteiger charge is 2.16. The molecule has 4 heteroatoms. The van der Waals surface area contributed by atoms with Crippen molar-refractivity contribution < 1.29 is 0 Å². The van der Waals surface area contributed by atoms with Gasteiger partial charge in [-0.2, -0.15) is 0 Å². The van der Waals surface area contributed by atoms with Crippen LogP contribution in [0.5, 0.6) is 0 Å². The van der Waals surface area contributed by atoms with Crippen molar-refractivity contribution in [3.63, 3.8) is 0 Å². The molecule has 0 amide bonds. The summed E-state index contributed by atoms with van der Waals surface area (Å²) in [5.74, 6) is 0. The summed E-state index contributed by atoms with van der Waals surface area (Å²) < 4.78 is 0. The largest absolute Gasteiger partial charge is 0.310 e. The lowest BCUT2D eigenvalue weighted by atomic mass is 9.98. The number of nitrogens with zero attached hydrogens (tertiary/aromatic N) is 2. The monoisotopic (exact) mass is 289 g/mol. The van der Waals surface area contributed by atoms with Crippen LogP contribution in [0.1, 0.15) is 46.6 Å². The van der Waals surface area contributed by atoms with Crippen LogP contribution >= 0.6 is 11.3 Å². The lowest BCUT2D eigenvalue weighted by Crippen LogP contribution is -2.24. The number of pyridine rings is 1. The highest BCUT2D eigenvalue weighted by molar-refractivity contribution is 7.11. The van der Waals surface area contributed by atoms with Gasteiger partial charge in [0, 0.05) is 29.7 Å². The van der Waals surface area contributed by atoms with Gasteiger partial charge in [0.2, 0.25) is 0 Å². The third kappa shape index (κ3) is 3.44. The Labute approximate surface area is 125 Å². The topological polar surface area (TPSA) is 37.8 Å². The predicted molar refractivity (Wildman–Crippen MR) is 85.3 cm³/mol. The van der Waals surface area contributed by atoms with Crippen LogP contribution in [-0.2, 0) is 12.8 Å². The van der Waals surface area contributed by atoms with E-state index in [0.29, 0.717) is 6.04 Å². The van der Waals surface area contributed by atoms with Crippen LogP contribution in [-0.4, -0.2) is 16.5 Å². The first-order chi connectivity index (χ1) is 9.65. The van der Waals surface area contributed by atoms with E-state index in [9.17, 15) is 0 Å². The summed E-state index contributed by atoms with van der Waals surface area (Å²) in [5.41, 5.74) is 3.84. The van der Waals surface area contributed by atoms with Crippen molar-refractivity contribution >= 4 is 11.3 Å². The van der Waals surface area contributed by atoms with Gasteiger partial charge in [0.1, 0.15) is 0 Å². The van der Waals surface area contributed by atoms with Crippen LogP contribution in [0.15, 0.2) is 18.5 Å². The molecule has 0 aliphatic carbocycles. The molecular formula is C16H23N3S. The van der Waals surface area contributed by atoms with Crippen molar-refractivity contribution in [1.82, 2.24) is 15.3 Å². The molecule has 0 radical (unpaired) electrons. The Kier molecular flexibility index (Phi) is 5.26. The number of likely N-dealkylation sites (N-methyl/N-ethyl adjacent to an activating group) is 1. The fourth-order valence-electron chi connectivity index (χ4n) is 2.41. The second-order valence-electron chi connectivity index (χ2n) is 4.99. The van der Waals surface area contributed by atoms with Gasteiger partial charge < -0.3 is 5.32 Å². The van der Waals surface area contributed by atoms with Crippen LogP contribution in [0, 0.1) is 13.8 Å². The van der Waals surface area contributed by atoms with E-state index in [4.69, 9.17) is 0 Å². The second-order valence-corrected chi connectivity index (χ2v) is 6.28. The SMILES string of the molecule is CCNC(Cc1nc(C)c(C)s1)c1ccncc1CC. The highest BCUT2D eigenvalue weighted by Crippen LogP contribution is 2.25. The summed E-state index contributed by atoms with van der Waals surface area (Å²) in [6, 6.07) is 2.46. The lowest BCUT2D eigenvalue weighted by Gasteiger charge is -2.19. The summed E-state index contributed by atoms with van der Waals surface area (Å²) >= 11 is 1.81. The average Bonchev–Trinajstić information content (AvgIpc) is 2.77. The van der Waals surface area contributed by atoms with Gasteiger partial charge in [0.05, 0.1) is 10.7 Å². The van der Waals surface area contributed by atoms with Crippen molar-refractivity contribution in [3.8, 4) is 0 Å². The molecule has 2 rings (SSSR count). The molecule has 0 saturated heterocycles. The minimum Gasteiger partial charge on any atom is -0.310 e. The van der Waals surface area contributed by atoms with Gasteiger partial charge in [-0.15, -0.1) is 11.3 Å². The lowest BCUT2D eigenvalue weighted by molar-refractivity contribution is 0.543. The van der Waals surface area contributed by atoms with E-state index in [2.05, 4.69) is 49.0 Å². The minimum absolute atomic E-state index is 0.322. The van der Waals surface area contributed by atoms with Crippen LogP contribution < -0.4 is 5.32 Å². The third-order valence-corrected chi connectivity index (χ3v) is 4.69. The molecule has 2 aromatic rings. The zero-order valence-electron chi connectivity index (χ0n) is 12.7. The summed E-state index contributed by atoms with van der Waals surface area (Å²) in [7, 11) is 0. The maximum absolute atomic E-state index is 4.68. The zero-order chi connectivity index (χ0) is 14.5. The fraction of sp³-hybridized carbons (Fsp3) is 0.500. The molecule has 0 bridgehead atoms. The summed E-state index contributed by atoms with van der Waals surface area (Å²) in [6.07, 6.45) is 5.83. The molecule has 1 N–H and O–H groups in total. The Morgan fingerprint density at radius 3 is 2.70 bits per heavy atom. The van der Waals surface area contributed by atoms with Gasteiger partial charge in [0.15, 0.2) is 0 Å². The van der Waals surface area contributed by atoms with E-state index >= 15 is 0 Å². The number of hydrogen-bond donors (Lipinski definition) is 1. The highest BCUT2D eigenvalue weighted by atomic mass is 32.1. The second kappa shape index (κ2) is 6.95. The van der Waals surface area contributed by atoms with Crippen molar-refractivity contribution in [2.24, 2.45) is 0 Å². The third-order valence-electron chi connectivity index (χ3n) is 3.60. The molecule has 1 atom stereocenters. The quantitative estimate of drug-likeness (QED) is 0.882. The molecule has 20 heavy (non-hydrogen) atoms. The Hall–Kier alpha value is -1.26.